The van der Waals surface area contributed by atoms with Gasteiger partial charge in [0.05, 0.1) is 6.42 Å². The summed E-state index contributed by atoms with van der Waals surface area (Å²) in [4.78, 5) is 25.7. The fourth-order valence-corrected chi connectivity index (χ4v) is 1.41. The van der Waals surface area contributed by atoms with Crippen LogP contribution in [0.2, 0.25) is 0 Å². The molecule has 0 saturated carbocycles. The van der Waals surface area contributed by atoms with Crippen molar-refractivity contribution in [3.05, 3.63) is 0 Å². The molecule has 0 spiro atoms. The van der Waals surface area contributed by atoms with Crippen LogP contribution >= 0.6 is 0 Å². The Hall–Kier alpha value is -1.10. The van der Waals surface area contributed by atoms with Gasteiger partial charge in [0.15, 0.2) is 0 Å². The van der Waals surface area contributed by atoms with E-state index < -0.39 is 5.97 Å². The molecule has 0 radical (unpaired) electrons. The summed E-state index contributed by atoms with van der Waals surface area (Å²) in [5, 5.41) is 8.49. The molecule has 0 rings (SSSR count). The SMILES string of the molecule is CCN(CCCN(C)C)C(=O)CCC(=O)O. The highest BCUT2D eigenvalue weighted by Gasteiger charge is 2.12. The van der Waals surface area contributed by atoms with E-state index in [1.807, 2.05) is 21.0 Å². The minimum atomic E-state index is -0.919. The van der Waals surface area contributed by atoms with Crippen LogP contribution in [0.1, 0.15) is 26.2 Å². The van der Waals surface area contributed by atoms with Gasteiger partial charge in [-0.05, 0) is 34.0 Å². The van der Waals surface area contributed by atoms with E-state index in [4.69, 9.17) is 5.11 Å². The summed E-state index contributed by atoms with van der Waals surface area (Å²) in [6.45, 7) is 4.19. The number of carbonyl (C=O) groups excluding carboxylic acids is 1. The van der Waals surface area contributed by atoms with Gasteiger partial charge < -0.3 is 14.9 Å². The zero-order valence-corrected chi connectivity index (χ0v) is 10.4. The Balaban J connectivity index is 3.87. The summed E-state index contributed by atoms with van der Waals surface area (Å²) < 4.78 is 0. The zero-order valence-electron chi connectivity index (χ0n) is 10.4. The van der Waals surface area contributed by atoms with Crippen molar-refractivity contribution in [3.8, 4) is 0 Å². The third-order valence-corrected chi connectivity index (χ3v) is 2.32. The molecule has 0 heterocycles. The fourth-order valence-electron chi connectivity index (χ4n) is 1.41. The van der Waals surface area contributed by atoms with E-state index in [9.17, 15) is 9.59 Å². The molecule has 0 unspecified atom stereocenters. The van der Waals surface area contributed by atoms with Crippen LogP contribution in [0.25, 0.3) is 0 Å². The Labute approximate surface area is 97.0 Å². The maximum absolute atomic E-state index is 11.6. The molecule has 1 amide bonds. The third kappa shape index (κ3) is 7.23. The summed E-state index contributed by atoms with van der Waals surface area (Å²) in [6, 6.07) is 0. The van der Waals surface area contributed by atoms with E-state index in [1.54, 1.807) is 4.90 Å². The highest BCUT2D eigenvalue weighted by molar-refractivity contribution is 5.80. The summed E-state index contributed by atoms with van der Waals surface area (Å²) in [5.74, 6) is -0.985. The summed E-state index contributed by atoms with van der Waals surface area (Å²) in [6.07, 6.45) is 0.938. The van der Waals surface area contributed by atoms with Gasteiger partial charge in [-0.3, -0.25) is 9.59 Å². The molecule has 0 saturated heterocycles. The minimum Gasteiger partial charge on any atom is -0.481 e. The molecule has 0 aromatic carbocycles. The maximum atomic E-state index is 11.6. The van der Waals surface area contributed by atoms with Crippen molar-refractivity contribution in [1.29, 1.82) is 0 Å². The van der Waals surface area contributed by atoms with Crippen molar-refractivity contribution in [2.75, 3.05) is 33.7 Å². The van der Waals surface area contributed by atoms with Gasteiger partial charge in [0, 0.05) is 19.5 Å². The number of carboxylic acid groups (broad SMARTS) is 1. The van der Waals surface area contributed by atoms with Crippen LogP contribution in [-0.2, 0) is 9.59 Å². The van der Waals surface area contributed by atoms with Crippen LogP contribution in [-0.4, -0.2) is 60.5 Å². The van der Waals surface area contributed by atoms with Gasteiger partial charge in [-0.25, -0.2) is 0 Å². The molecular weight excluding hydrogens is 208 g/mol. The molecule has 0 aliphatic heterocycles. The first-order chi connectivity index (χ1) is 7.47. The monoisotopic (exact) mass is 230 g/mol. The summed E-state index contributed by atoms with van der Waals surface area (Å²) in [5.41, 5.74) is 0. The molecule has 0 aromatic rings. The predicted molar refractivity (Wildman–Crippen MR) is 62.3 cm³/mol. The molecular formula is C11H22N2O3. The van der Waals surface area contributed by atoms with Gasteiger partial charge in [0.1, 0.15) is 0 Å². The molecule has 0 aliphatic carbocycles. The quantitative estimate of drug-likeness (QED) is 0.665. The largest absolute Gasteiger partial charge is 0.481 e. The van der Waals surface area contributed by atoms with Crippen LogP contribution in [0.5, 0.6) is 0 Å². The van der Waals surface area contributed by atoms with Crippen LogP contribution < -0.4 is 0 Å². The molecule has 1 N–H and O–H groups in total. The molecule has 16 heavy (non-hydrogen) atoms. The lowest BCUT2D eigenvalue weighted by molar-refractivity contribution is -0.140. The van der Waals surface area contributed by atoms with Crippen LogP contribution in [0.3, 0.4) is 0 Å². The predicted octanol–water partition coefficient (Wildman–Crippen LogP) is 0.651. The number of hydrogen-bond acceptors (Lipinski definition) is 3. The number of nitrogens with zero attached hydrogens (tertiary/aromatic N) is 2. The second-order valence-electron chi connectivity index (χ2n) is 4.02. The Morgan fingerprint density at radius 3 is 2.19 bits per heavy atom. The molecule has 0 atom stereocenters. The van der Waals surface area contributed by atoms with Crippen LogP contribution in [0.4, 0.5) is 0 Å². The van der Waals surface area contributed by atoms with Gasteiger partial charge in [-0.15, -0.1) is 0 Å². The number of carbonyl (C=O) groups is 2. The summed E-state index contributed by atoms with van der Waals surface area (Å²) in [7, 11) is 3.98. The first-order valence-electron chi connectivity index (χ1n) is 5.61. The maximum Gasteiger partial charge on any atom is 0.303 e. The third-order valence-electron chi connectivity index (χ3n) is 2.32. The first-order valence-corrected chi connectivity index (χ1v) is 5.61. The minimum absolute atomic E-state index is 0.0661. The van der Waals surface area contributed by atoms with E-state index in [0.717, 1.165) is 13.0 Å². The molecule has 5 nitrogen and oxygen atoms in total. The molecule has 5 heteroatoms. The number of carboxylic acids is 1. The molecule has 94 valence electrons. The standard InChI is InChI=1S/C11H22N2O3/c1-4-13(9-5-8-12(2)3)10(14)6-7-11(15)16/h4-9H2,1-3H3,(H,15,16). The normalized spacial score (nSPS) is 10.5. The Kier molecular flexibility index (Phi) is 7.54. The summed E-state index contributed by atoms with van der Waals surface area (Å²) >= 11 is 0. The highest BCUT2D eigenvalue weighted by Crippen LogP contribution is 2.00. The smallest absolute Gasteiger partial charge is 0.303 e. The lowest BCUT2D eigenvalue weighted by Gasteiger charge is -2.21. The fraction of sp³-hybridized carbons (Fsp3) is 0.818. The van der Waals surface area contributed by atoms with Gasteiger partial charge >= 0.3 is 5.97 Å². The van der Waals surface area contributed by atoms with Crippen LogP contribution in [0, 0.1) is 0 Å². The number of aliphatic carboxylic acids is 1. The van der Waals surface area contributed by atoms with E-state index in [1.165, 1.54) is 0 Å². The van der Waals surface area contributed by atoms with Crippen molar-refractivity contribution in [1.82, 2.24) is 9.80 Å². The Morgan fingerprint density at radius 1 is 1.12 bits per heavy atom. The van der Waals surface area contributed by atoms with Crippen molar-refractivity contribution in [3.63, 3.8) is 0 Å². The van der Waals surface area contributed by atoms with Crippen molar-refractivity contribution in [2.24, 2.45) is 0 Å². The molecule has 0 aromatic heterocycles. The second kappa shape index (κ2) is 8.10. The lowest BCUT2D eigenvalue weighted by Crippen LogP contribution is -2.33. The van der Waals surface area contributed by atoms with E-state index >= 15 is 0 Å². The number of amides is 1. The number of rotatable bonds is 8. The van der Waals surface area contributed by atoms with Crippen molar-refractivity contribution >= 4 is 11.9 Å². The van der Waals surface area contributed by atoms with E-state index in [0.29, 0.717) is 13.1 Å². The van der Waals surface area contributed by atoms with E-state index in [-0.39, 0.29) is 18.7 Å². The first kappa shape index (κ1) is 14.9. The highest BCUT2D eigenvalue weighted by atomic mass is 16.4. The molecule has 0 bridgehead atoms. The second-order valence-corrected chi connectivity index (χ2v) is 4.02. The average Bonchev–Trinajstić information content (AvgIpc) is 2.20. The Morgan fingerprint density at radius 2 is 1.75 bits per heavy atom. The van der Waals surface area contributed by atoms with Gasteiger partial charge in [0.25, 0.3) is 0 Å². The lowest BCUT2D eigenvalue weighted by atomic mass is 10.2. The van der Waals surface area contributed by atoms with Crippen LogP contribution in [0.15, 0.2) is 0 Å². The molecule has 0 aliphatic rings. The topological polar surface area (TPSA) is 60.9 Å². The van der Waals surface area contributed by atoms with Gasteiger partial charge in [-0.2, -0.15) is 0 Å². The number of hydrogen-bond donors (Lipinski definition) is 1. The average molecular weight is 230 g/mol. The van der Waals surface area contributed by atoms with E-state index in [2.05, 4.69) is 4.90 Å². The molecule has 0 fully saturated rings. The zero-order chi connectivity index (χ0) is 12.6. The Bertz CT molecular complexity index is 229. The van der Waals surface area contributed by atoms with Crippen molar-refractivity contribution < 1.29 is 14.7 Å². The van der Waals surface area contributed by atoms with Gasteiger partial charge in [-0.1, -0.05) is 0 Å². The van der Waals surface area contributed by atoms with Crippen molar-refractivity contribution in [2.45, 2.75) is 26.2 Å². The van der Waals surface area contributed by atoms with Gasteiger partial charge in [0.2, 0.25) is 5.91 Å².